The summed E-state index contributed by atoms with van der Waals surface area (Å²) in [6.45, 7) is 3.77. The highest BCUT2D eigenvalue weighted by Crippen LogP contribution is 2.28. The SMILES string of the molecule is CC[C@H](C)[C@@H](C(=O)OCC(=O)Nc1ccccc1SC)c1ccccc1. The van der Waals surface area contributed by atoms with Crippen molar-refractivity contribution >= 4 is 29.3 Å². The summed E-state index contributed by atoms with van der Waals surface area (Å²) >= 11 is 1.55. The van der Waals surface area contributed by atoms with Gasteiger partial charge in [-0.1, -0.05) is 62.7 Å². The van der Waals surface area contributed by atoms with Crippen molar-refractivity contribution in [2.24, 2.45) is 5.92 Å². The van der Waals surface area contributed by atoms with E-state index in [4.69, 9.17) is 4.74 Å². The number of benzene rings is 2. The molecule has 0 spiro atoms. The van der Waals surface area contributed by atoms with Gasteiger partial charge in [-0.2, -0.15) is 0 Å². The number of hydrogen-bond donors (Lipinski definition) is 1. The molecule has 2 rings (SSSR count). The number of ether oxygens (including phenoxy) is 1. The number of carbonyl (C=O) groups is 2. The van der Waals surface area contributed by atoms with Crippen molar-refractivity contribution in [2.45, 2.75) is 31.1 Å². The van der Waals surface area contributed by atoms with Gasteiger partial charge in [-0.25, -0.2) is 0 Å². The maximum absolute atomic E-state index is 12.6. The first-order chi connectivity index (χ1) is 12.6. The van der Waals surface area contributed by atoms with Gasteiger partial charge in [0.25, 0.3) is 5.91 Å². The van der Waals surface area contributed by atoms with Gasteiger partial charge in [0.05, 0.1) is 11.6 Å². The number of anilines is 1. The second kappa shape index (κ2) is 10.0. The molecule has 0 saturated heterocycles. The Morgan fingerprint density at radius 1 is 1.08 bits per heavy atom. The third-order valence-electron chi connectivity index (χ3n) is 4.35. The molecule has 0 radical (unpaired) electrons. The van der Waals surface area contributed by atoms with Gasteiger partial charge in [0.2, 0.25) is 0 Å². The van der Waals surface area contributed by atoms with Gasteiger partial charge in [0.15, 0.2) is 6.61 Å². The average Bonchev–Trinajstić information content (AvgIpc) is 2.67. The van der Waals surface area contributed by atoms with E-state index < -0.39 is 0 Å². The number of rotatable bonds is 8. The minimum atomic E-state index is -0.368. The van der Waals surface area contributed by atoms with Crippen molar-refractivity contribution in [3.8, 4) is 0 Å². The molecule has 4 nitrogen and oxygen atoms in total. The van der Waals surface area contributed by atoms with Crippen LogP contribution in [0.15, 0.2) is 59.5 Å². The minimum Gasteiger partial charge on any atom is -0.455 e. The third-order valence-corrected chi connectivity index (χ3v) is 5.15. The molecule has 0 bridgehead atoms. The molecule has 0 aromatic heterocycles. The fourth-order valence-electron chi connectivity index (χ4n) is 2.75. The molecule has 0 fully saturated rings. The molecule has 26 heavy (non-hydrogen) atoms. The van der Waals surface area contributed by atoms with Crippen LogP contribution in [0.4, 0.5) is 5.69 Å². The first-order valence-corrected chi connectivity index (χ1v) is 9.93. The molecule has 2 aromatic carbocycles. The lowest BCUT2D eigenvalue weighted by molar-refractivity contribution is -0.150. The lowest BCUT2D eigenvalue weighted by Crippen LogP contribution is -2.27. The molecular formula is C21H25NO3S. The molecule has 0 saturated carbocycles. The second-order valence-corrected chi connectivity index (χ2v) is 6.98. The predicted molar refractivity (Wildman–Crippen MR) is 106 cm³/mol. The lowest BCUT2D eigenvalue weighted by Gasteiger charge is -2.21. The molecular weight excluding hydrogens is 346 g/mol. The molecule has 0 aliphatic rings. The monoisotopic (exact) mass is 371 g/mol. The highest BCUT2D eigenvalue weighted by atomic mass is 32.2. The van der Waals surface area contributed by atoms with Crippen LogP contribution in [-0.4, -0.2) is 24.7 Å². The molecule has 1 N–H and O–H groups in total. The Hall–Kier alpha value is -2.27. The van der Waals surface area contributed by atoms with Crippen LogP contribution < -0.4 is 5.32 Å². The Balaban J connectivity index is 2.00. The van der Waals surface area contributed by atoms with Crippen molar-refractivity contribution in [3.05, 3.63) is 60.2 Å². The van der Waals surface area contributed by atoms with Crippen LogP contribution in [0.1, 0.15) is 31.7 Å². The van der Waals surface area contributed by atoms with Crippen LogP contribution in [0.5, 0.6) is 0 Å². The standard InChI is InChI=1S/C21H25NO3S/c1-4-15(2)20(16-10-6-5-7-11-16)21(24)25-14-19(23)22-17-12-8-9-13-18(17)26-3/h5-13,15,20H,4,14H2,1-3H3,(H,22,23)/t15-,20+/m0/s1. The van der Waals surface area contributed by atoms with Crippen LogP contribution in [0, 0.1) is 5.92 Å². The summed E-state index contributed by atoms with van der Waals surface area (Å²) in [7, 11) is 0. The maximum Gasteiger partial charge on any atom is 0.314 e. The topological polar surface area (TPSA) is 55.4 Å². The summed E-state index contributed by atoms with van der Waals surface area (Å²) in [5, 5.41) is 2.80. The van der Waals surface area contributed by atoms with E-state index in [0.717, 1.165) is 22.6 Å². The largest absolute Gasteiger partial charge is 0.455 e. The number of hydrogen-bond acceptors (Lipinski definition) is 4. The zero-order valence-corrected chi connectivity index (χ0v) is 16.2. The summed E-state index contributed by atoms with van der Waals surface area (Å²) in [6.07, 6.45) is 2.80. The lowest BCUT2D eigenvalue weighted by atomic mass is 9.86. The number of carbonyl (C=O) groups excluding carboxylic acids is 2. The van der Waals surface area contributed by atoms with Crippen molar-refractivity contribution in [3.63, 3.8) is 0 Å². The number of para-hydroxylation sites is 1. The first-order valence-electron chi connectivity index (χ1n) is 8.71. The van der Waals surface area contributed by atoms with E-state index in [0.29, 0.717) is 0 Å². The Kier molecular flexibility index (Phi) is 7.73. The third kappa shape index (κ3) is 5.36. The van der Waals surface area contributed by atoms with Crippen molar-refractivity contribution in [2.75, 3.05) is 18.2 Å². The molecule has 1 amide bonds. The van der Waals surface area contributed by atoms with Crippen molar-refractivity contribution in [1.29, 1.82) is 0 Å². The molecule has 2 aromatic rings. The summed E-state index contributed by atoms with van der Waals surface area (Å²) in [5.74, 6) is -0.938. The van der Waals surface area contributed by atoms with Gasteiger partial charge in [-0.3, -0.25) is 9.59 Å². The van der Waals surface area contributed by atoms with E-state index in [1.54, 1.807) is 11.8 Å². The minimum absolute atomic E-state index is 0.130. The summed E-state index contributed by atoms with van der Waals surface area (Å²) in [5.41, 5.74) is 1.64. The maximum atomic E-state index is 12.6. The highest BCUT2D eigenvalue weighted by molar-refractivity contribution is 7.98. The zero-order valence-electron chi connectivity index (χ0n) is 15.4. The highest BCUT2D eigenvalue weighted by Gasteiger charge is 2.27. The second-order valence-electron chi connectivity index (χ2n) is 6.13. The summed E-state index contributed by atoms with van der Waals surface area (Å²) in [6, 6.07) is 17.1. The Morgan fingerprint density at radius 3 is 2.38 bits per heavy atom. The van der Waals surface area contributed by atoms with Crippen LogP contribution in [0.25, 0.3) is 0 Å². The molecule has 0 unspecified atom stereocenters. The fourth-order valence-corrected chi connectivity index (χ4v) is 3.31. The van der Waals surface area contributed by atoms with Crippen LogP contribution in [0.3, 0.4) is 0 Å². The first kappa shape index (κ1) is 20.0. The summed E-state index contributed by atoms with van der Waals surface area (Å²) in [4.78, 5) is 25.8. The van der Waals surface area contributed by atoms with E-state index in [9.17, 15) is 9.59 Å². The Bertz CT molecular complexity index is 733. The van der Waals surface area contributed by atoms with Gasteiger partial charge in [0, 0.05) is 4.90 Å². The zero-order chi connectivity index (χ0) is 18.9. The van der Waals surface area contributed by atoms with Gasteiger partial charge in [-0.15, -0.1) is 11.8 Å². The van der Waals surface area contributed by atoms with E-state index >= 15 is 0 Å². The average molecular weight is 372 g/mol. The molecule has 0 aliphatic carbocycles. The van der Waals surface area contributed by atoms with Gasteiger partial charge in [0.1, 0.15) is 0 Å². The van der Waals surface area contributed by atoms with E-state index in [1.165, 1.54) is 0 Å². The molecule has 5 heteroatoms. The Labute approximate surface area is 159 Å². The predicted octanol–water partition coefficient (Wildman–Crippen LogP) is 4.72. The van der Waals surface area contributed by atoms with Crippen molar-refractivity contribution in [1.82, 2.24) is 0 Å². The van der Waals surface area contributed by atoms with Gasteiger partial charge in [-0.05, 0) is 29.9 Å². The molecule has 2 atom stereocenters. The normalized spacial score (nSPS) is 12.9. The fraction of sp³-hybridized carbons (Fsp3) is 0.333. The quantitative estimate of drug-likeness (QED) is 0.539. The molecule has 138 valence electrons. The van der Waals surface area contributed by atoms with Crippen molar-refractivity contribution < 1.29 is 14.3 Å². The van der Waals surface area contributed by atoms with E-state index in [1.807, 2.05) is 74.7 Å². The van der Waals surface area contributed by atoms with Crippen LogP contribution >= 0.6 is 11.8 Å². The number of nitrogens with one attached hydrogen (secondary N) is 1. The van der Waals surface area contributed by atoms with E-state index in [2.05, 4.69) is 5.32 Å². The van der Waals surface area contributed by atoms with Crippen LogP contribution in [0.2, 0.25) is 0 Å². The van der Waals surface area contributed by atoms with Crippen LogP contribution in [-0.2, 0) is 14.3 Å². The summed E-state index contributed by atoms with van der Waals surface area (Å²) < 4.78 is 5.33. The smallest absolute Gasteiger partial charge is 0.314 e. The number of thioether (sulfide) groups is 1. The Morgan fingerprint density at radius 2 is 1.73 bits per heavy atom. The van der Waals surface area contributed by atoms with Gasteiger partial charge < -0.3 is 10.1 Å². The molecule has 0 aliphatic heterocycles. The van der Waals surface area contributed by atoms with E-state index in [-0.39, 0.29) is 30.3 Å². The number of amides is 1. The molecule has 0 heterocycles. The number of esters is 1. The van der Waals surface area contributed by atoms with Gasteiger partial charge >= 0.3 is 5.97 Å².